The van der Waals surface area contributed by atoms with Gasteiger partial charge in [-0.25, -0.2) is 8.42 Å². The van der Waals surface area contributed by atoms with Gasteiger partial charge in [-0.2, -0.15) is 4.31 Å². The Balaban J connectivity index is 1.59. The molecular weight excluding hydrogens is 392 g/mol. The highest BCUT2D eigenvalue weighted by Crippen LogP contribution is 2.24. The summed E-state index contributed by atoms with van der Waals surface area (Å²) in [6, 6.07) is 5.78. The lowest BCUT2D eigenvalue weighted by Gasteiger charge is -2.34. The zero-order valence-corrected chi connectivity index (χ0v) is 17.9. The standard InChI is InChI=1S/C20H30N4O4S/c1-23-13-11-17(12-14-23)24(2)29(27,28)18-9-7-16(8-10-18)20(26)22-21-19(25)15-5-3-4-6-15/h7-10,15,17H,3-6,11-14H2,1-2H3,(H,21,25)(H,22,26). The van der Waals surface area contributed by atoms with E-state index >= 15 is 0 Å². The van der Waals surface area contributed by atoms with Crippen molar-refractivity contribution in [2.75, 3.05) is 27.2 Å². The molecule has 0 unspecified atom stereocenters. The third-order valence-electron chi connectivity index (χ3n) is 6.02. The Labute approximate surface area is 172 Å². The molecule has 0 bridgehead atoms. The van der Waals surface area contributed by atoms with Crippen molar-refractivity contribution >= 4 is 21.8 Å². The molecule has 1 aliphatic heterocycles. The Kier molecular flexibility index (Phi) is 6.92. The molecule has 1 aliphatic carbocycles. The predicted octanol–water partition coefficient (Wildman–Crippen LogP) is 1.35. The van der Waals surface area contributed by atoms with Crippen LogP contribution in [0.15, 0.2) is 29.2 Å². The molecule has 29 heavy (non-hydrogen) atoms. The fourth-order valence-corrected chi connectivity index (χ4v) is 5.40. The van der Waals surface area contributed by atoms with Crippen LogP contribution in [-0.4, -0.2) is 62.7 Å². The van der Waals surface area contributed by atoms with E-state index in [1.807, 2.05) is 7.05 Å². The summed E-state index contributed by atoms with van der Waals surface area (Å²) in [5, 5.41) is 0. The summed E-state index contributed by atoms with van der Waals surface area (Å²) in [4.78, 5) is 26.6. The molecule has 1 saturated heterocycles. The second-order valence-corrected chi connectivity index (χ2v) is 10.0. The number of hydrazine groups is 1. The lowest BCUT2D eigenvalue weighted by molar-refractivity contribution is -0.125. The minimum Gasteiger partial charge on any atom is -0.306 e. The Morgan fingerprint density at radius 1 is 1.00 bits per heavy atom. The summed E-state index contributed by atoms with van der Waals surface area (Å²) in [6.07, 6.45) is 5.36. The van der Waals surface area contributed by atoms with E-state index in [0.717, 1.165) is 51.6 Å². The van der Waals surface area contributed by atoms with Gasteiger partial charge >= 0.3 is 0 Å². The average Bonchev–Trinajstić information content (AvgIpc) is 3.27. The van der Waals surface area contributed by atoms with Crippen LogP contribution in [0.25, 0.3) is 0 Å². The quantitative estimate of drug-likeness (QED) is 0.698. The van der Waals surface area contributed by atoms with E-state index in [1.54, 1.807) is 7.05 Å². The number of likely N-dealkylation sites (tertiary alicyclic amines) is 1. The summed E-state index contributed by atoms with van der Waals surface area (Å²) in [5.74, 6) is -0.684. The van der Waals surface area contributed by atoms with Crippen LogP contribution in [0.2, 0.25) is 0 Å². The van der Waals surface area contributed by atoms with Gasteiger partial charge in [-0.3, -0.25) is 20.4 Å². The second-order valence-electron chi connectivity index (χ2n) is 8.00. The van der Waals surface area contributed by atoms with Gasteiger partial charge in [-0.15, -0.1) is 0 Å². The first-order chi connectivity index (χ1) is 13.8. The van der Waals surface area contributed by atoms with Crippen LogP contribution in [0.4, 0.5) is 0 Å². The third-order valence-corrected chi connectivity index (χ3v) is 7.95. The van der Waals surface area contributed by atoms with Crippen molar-refractivity contribution < 1.29 is 18.0 Å². The van der Waals surface area contributed by atoms with E-state index in [1.165, 1.54) is 28.6 Å². The molecule has 0 spiro atoms. The topological polar surface area (TPSA) is 98.8 Å². The van der Waals surface area contributed by atoms with E-state index < -0.39 is 15.9 Å². The lowest BCUT2D eigenvalue weighted by atomic mass is 10.1. The van der Waals surface area contributed by atoms with Gasteiger partial charge in [0.1, 0.15) is 0 Å². The fourth-order valence-electron chi connectivity index (χ4n) is 3.98. The van der Waals surface area contributed by atoms with Gasteiger partial charge in [0.15, 0.2) is 0 Å². The number of amides is 2. The van der Waals surface area contributed by atoms with Gasteiger partial charge in [0.25, 0.3) is 5.91 Å². The van der Waals surface area contributed by atoms with E-state index in [-0.39, 0.29) is 28.3 Å². The first kappa shape index (κ1) is 21.7. The van der Waals surface area contributed by atoms with Crippen molar-refractivity contribution in [2.45, 2.75) is 49.5 Å². The number of nitrogens with one attached hydrogen (secondary N) is 2. The Morgan fingerprint density at radius 2 is 1.59 bits per heavy atom. The first-order valence-corrected chi connectivity index (χ1v) is 11.6. The van der Waals surface area contributed by atoms with Gasteiger partial charge in [-0.1, -0.05) is 12.8 Å². The van der Waals surface area contributed by atoms with Gasteiger partial charge in [-0.05, 0) is 70.1 Å². The second kappa shape index (κ2) is 9.23. The Hall–Kier alpha value is -1.97. The highest BCUT2D eigenvalue weighted by Gasteiger charge is 2.30. The largest absolute Gasteiger partial charge is 0.306 e. The number of carbonyl (C=O) groups excluding carboxylic acids is 2. The molecule has 1 aromatic carbocycles. The van der Waals surface area contributed by atoms with E-state index in [2.05, 4.69) is 15.8 Å². The van der Waals surface area contributed by atoms with Crippen LogP contribution in [0.5, 0.6) is 0 Å². The van der Waals surface area contributed by atoms with Crippen molar-refractivity contribution in [3.05, 3.63) is 29.8 Å². The van der Waals surface area contributed by atoms with Crippen molar-refractivity contribution in [3.8, 4) is 0 Å². The van der Waals surface area contributed by atoms with E-state index in [9.17, 15) is 18.0 Å². The lowest BCUT2D eigenvalue weighted by Crippen LogP contribution is -2.44. The summed E-state index contributed by atoms with van der Waals surface area (Å²) < 4.78 is 27.3. The number of benzene rings is 1. The summed E-state index contributed by atoms with van der Waals surface area (Å²) in [6.45, 7) is 1.74. The molecule has 0 radical (unpaired) electrons. The van der Waals surface area contributed by atoms with Crippen LogP contribution in [0.3, 0.4) is 0 Å². The number of rotatable bonds is 5. The molecule has 1 aromatic rings. The normalized spacial score (nSPS) is 19.4. The van der Waals surface area contributed by atoms with Crippen molar-refractivity contribution in [1.82, 2.24) is 20.1 Å². The van der Waals surface area contributed by atoms with Gasteiger partial charge in [0, 0.05) is 24.6 Å². The van der Waals surface area contributed by atoms with Gasteiger partial charge < -0.3 is 4.90 Å². The summed E-state index contributed by atoms with van der Waals surface area (Å²) in [5.41, 5.74) is 5.16. The molecule has 2 amide bonds. The molecule has 2 aliphatic rings. The Bertz CT molecular complexity index is 827. The molecular formula is C20H30N4O4S. The third kappa shape index (κ3) is 5.15. The van der Waals surface area contributed by atoms with Crippen LogP contribution < -0.4 is 10.9 Å². The predicted molar refractivity (Wildman–Crippen MR) is 109 cm³/mol. The maximum absolute atomic E-state index is 12.9. The Morgan fingerprint density at radius 3 is 2.17 bits per heavy atom. The van der Waals surface area contributed by atoms with Gasteiger partial charge in [0.05, 0.1) is 4.90 Å². The molecule has 2 fully saturated rings. The summed E-state index contributed by atoms with van der Waals surface area (Å²) in [7, 11) is 0.0260. The zero-order valence-electron chi connectivity index (χ0n) is 17.1. The maximum atomic E-state index is 12.9. The zero-order chi connectivity index (χ0) is 21.0. The van der Waals surface area contributed by atoms with E-state index in [0.29, 0.717) is 0 Å². The van der Waals surface area contributed by atoms with Crippen molar-refractivity contribution in [3.63, 3.8) is 0 Å². The minimum atomic E-state index is -3.62. The molecule has 9 heteroatoms. The molecule has 2 N–H and O–H groups in total. The van der Waals surface area contributed by atoms with Crippen LogP contribution >= 0.6 is 0 Å². The smallest absolute Gasteiger partial charge is 0.269 e. The molecule has 1 heterocycles. The van der Waals surface area contributed by atoms with E-state index in [4.69, 9.17) is 0 Å². The fraction of sp³-hybridized carbons (Fsp3) is 0.600. The molecule has 8 nitrogen and oxygen atoms in total. The highest BCUT2D eigenvalue weighted by atomic mass is 32.2. The number of carbonyl (C=O) groups is 2. The molecule has 160 valence electrons. The first-order valence-electron chi connectivity index (χ1n) is 10.2. The minimum absolute atomic E-state index is 0.0232. The van der Waals surface area contributed by atoms with Crippen molar-refractivity contribution in [1.29, 1.82) is 0 Å². The van der Waals surface area contributed by atoms with Crippen molar-refractivity contribution in [2.24, 2.45) is 5.92 Å². The van der Waals surface area contributed by atoms with Crippen LogP contribution in [0, 0.1) is 5.92 Å². The molecule has 1 saturated carbocycles. The summed E-state index contributed by atoms with van der Waals surface area (Å²) >= 11 is 0. The number of sulfonamides is 1. The van der Waals surface area contributed by atoms with Crippen LogP contribution in [-0.2, 0) is 14.8 Å². The number of hydrogen-bond acceptors (Lipinski definition) is 5. The molecule has 3 rings (SSSR count). The molecule has 0 aromatic heterocycles. The number of hydrogen-bond donors (Lipinski definition) is 2. The SMILES string of the molecule is CN1CCC(N(C)S(=O)(=O)c2ccc(C(=O)NNC(=O)C3CCCC3)cc2)CC1. The highest BCUT2D eigenvalue weighted by molar-refractivity contribution is 7.89. The maximum Gasteiger partial charge on any atom is 0.269 e. The van der Waals surface area contributed by atoms with Gasteiger partial charge in [0.2, 0.25) is 15.9 Å². The number of piperidine rings is 1. The van der Waals surface area contributed by atoms with Crippen LogP contribution in [0.1, 0.15) is 48.9 Å². The monoisotopic (exact) mass is 422 g/mol. The number of nitrogens with zero attached hydrogens (tertiary/aromatic N) is 2. The molecule has 0 atom stereocenters. The average molecular weight is 423 g/mol.